The molecule has 172 valence electrons. The van der Waals surface area contributed by atoms with Crippen LogP contribution in [0.5, 0.6) is 0 Å². The van der Waals surface area contributed by atoms with Crippen molar-refractivity contribution in [3.05, 3.63) is 82.4 Å². The Hall–Kier alpha value is -3.78. The number of aromatic nitrogens is 3. The molecule has 2 amide bonds. The summed E-state index contributed by atoms with van der Waals surface area (Å²) >= 11 is 0. The summed E-state index contributed by atoms with van der Waals surface area (Å²) in [5.74, 6) is -0.227. The Morgan fingerprint density at radius 2 is 2.00 bits per heavy atom. The molecule has 2 aromatic heterocycles. The molecule has 0 unspecified atom stereocenters. The molecule has 2 N–H and O–H groups in total. The number of rotatable bonds is 4. The average molecular weight is 455 g/mol. The number of fused-ring (bicyclic) bond motifs is 2. The Kier molecular flexibility index (Phi) is 5.03. The Morgan fingerprint density at radius 1 is 1.15 bits per heavy atom. The molecule has 0 radical (unpaired) electrons. The second-order valence-corrected chi connectivity index (χ2v) is 9.29. The van der Waals surface area contributed by atoms with E-state index in [9.17, 15) is 9.59 Å². The van der Waals surface area contributed by atoms with E-state index in [1.165, 1.54) is 0 Å². The summed E-state index contributed by atoms with van der Waals surface area (Å²) in [5.41, 5.74) is 6.94. The van der Waals surface area contributed by atoms with Crippen molar-refractivity contribution in [1.82, 2.24) is 25.0 Å². The number of hydrogen-bond acceptors (Lipinski definition) is 5. The molecule has 8 heteroatoms. The fourth-order valence-electron chi connectivity index (χ4n) is 5.06. The number of carbonyl (C=O) groups excluding carboxylic acids is 2. The van der Waals surface area contributed by atoms with Gasteiger partial charge in [0.1, 0.15) is 0 Å². The number of piperidine rings is 1. The Morgan fingerprint density at radius 3 is 2.85 bits per heavy atom. The van der Waals surface area contributed by atoms with E-state index < -0.39 is 0 Å². The number of anilines is 1. The third-order valence-electron chi connectivity index (χ3n) is 7.04. The molecule has 8 nitrogen and oxygen atoms in total. The molecule has 0 saturated carbocycles. The molecule has 2 aliphatic heterocycles. The van der Waals surface area contributed by atoms with Gasteiger partial charge < -0.3 is 15.5 Å². The van der Waals surface area contributed by atoms with Gasteiger partial charge in [0, 0.05) is 36.5 Å². The molecule has 0 spiro atoms. The molecule has 0 atom stereocenters. The van der Waals surface area contributed by atoms with E-state index in [1.54, 1.807) is 12.4 Å². The summed E-state index contributed by atoms with van der Waals surface area (Å²) in [6.45, 7) is 2.66. The number of pyridine rings is 1. The highest BCUT2D eigenvalue weighted by Gasteiger charge is 2.24. The maximum absolute atomic E-state index is 13.0. The van der Waals surface area contributed by atoms with Gasteiger partial charge in [0.05, 0.1) is 29.2 Å². The third-order valence-corrected chi connectivity index (χ3v) is 7.04. The van der Waals surface area contributed by atoms with Crippen LogP contribution in [-0.4, -0.2) is 51.6 Å². The smallest absolute Gasteiger partial charge is 0.257 e. The lowest BCUT2D eigenvalue weighted by atomic mass is 9.96. The number of benzene rings is 1. The van der Waals surface area contributed by atoms with Crippen LogP contribution in [0.2, 0.25) is 0 Å². The maximum Gasteiger partial charge on any atom is 0.257 e. The van der Waals surface area contributed by atoms with Crippen molar-refractivity contribution in [1.29, 1.82) is 0 Å². The highest BCUT2D eigenvalue weighted by atomic mass is 16.2. The maximum atomic E-state index is 13.0. The molecule has 1 aliphatic carbocycles. The van der Waals surface area contributed by atoms with Gasteiger partial charge in [-0.3, -0.25) is 19.3 Å². The van der Waals surface area contributed by atoms with Crippen molar-refractivity contribution in [3.63, 3.8) is 0 Å². The number of hydrogen-bond donors (Lipinski definition) is 2. The van der Waals surface area contributed by atoms with Gasteiger partial charge in [0.2, 0.25) is 0 Å². The van der Waals surface area contributed by atoms with Gasteiger partial charge in [0.25, 0.3) is 11.8 Å². The summed E-state index contributed by atoms with van der Waals surface area (Å²) < 4.78 is 1.97. The topological polar surface area (TPSA) is 92.1 Å². The average Bonchev–Trinajstić information content (AvgIpc) is 3.58. The molecule has 1 saturated heterocycles. The van der Waals surface area contributed by atoms with E-state index >= 15 is 0 Å². The molecular formula is C26H26N6O2. The second kappa shape index (κ2) is 8.22. The van der Waals surface area contributed by atoms with Gasteiger partial charge in [-0.15, -0.1) is 0 Å². The van der Waals surface area contributed by atoms with Crippen LogP contribution >= 0.6 is 0 Å². The number of nitrogens with one attached hydrogen (secondary N) is 2. The van der Waals surface area contributed by atoms with Gasteiger partial charge in [-0.25, -0.2) is 0 Å². The summed E-state index contributed by atoms with van der Waals surface area (Å²) in [7, 11) is 2.14. The monoisotopic (exact) mass is 454 g/mol. The molecule has 6 rings (SSSR count). The van der Waals surface area contributed by atoms with E-state index in [0.717, 1.165) is 65.9 Å². The van der Waals surface area contributed by atoms with Crippen molar-refractivity contribution in [3.8, 4) is 0 Å². The van der Waals surface area contributed by atoms with Crippen molar-refractivity contribution in [2.45, 2.75) is 31.8 Å². The number of allylic oxidation sites excluding steroid dienone is 1. The highest BCUT2D eigenvalue weighted by Crippen LogP contribution is 2.34. The van der Waals surface area contributed by atoms with Gasteiger partial charge in [-0.05, 0) is 67.9 Å². The first-order valence-electron chi connectivity index (χ1n) is 11.7. The summed E-state index contributed by atoms with van der Waals surface area (Å²) in [5, 5.41) is 10.3. The lowest BCUT2D eigenvalue weighted by Crippen LogP contribution is -2.31. The zero-order valence-electron chi connectivity index (χ0n) is 19.0. The Bertz CT molecular complexity index is 1330. The first-order valence-corrected chi connectivity index (χ1v) is 11.7. The normalized spacial score (nSPS) is 17.8. The number of nitrogens with zero attached hydrogens (tertiary/aromatic N) is 4. The van der Waals surface area contributed by atoms with Crippen molar-refractivity contribution >= 4 is 23.1 Å². The number of carbonyl (C=O) groups is 2. The van der Waals surface area contributed by atoms with Gasteiger partial charge in [0.15, 0.2) is 0 Å². The fourth-order valence-corrected chi connectivity index (χ4v) is 5.06. The molecule has 1 fully saturated rings. The molecule has 34 heavy (non-hydrogen) atoms. The largest absolute Gasteiger partial charge is 0.348 e. The quantitative estimate of drug-likeness (QED) is 0.632. The molecule has 3 aliphatic rings. The second-order valence-electron chi connectivity index (χ2n) is 9.29. The molecule has 0 bridgehead atoms. The van der Waals surface area contributed by atoms with E-state index in [2.05, 4.69) is 44.8 Å². The third kappa shape index (κ3) is 3.70. The molecule has 4 heterocycles. The van der Waals surface area contributed by atoms with Crippen LogP contribution in [0.25, 0.3) is 5.57 Å². The van der Waals surface area contributed by atoms with E-state index in [1.807, 2.05) is 29.1 Å². The van der Waals surface area contributed by atoms with Crippen LogP contribution in [-0.2, 0) is 13.0 Å². The lowest BCUT2D eigenvalue weighted by Gasteiger charge is -2.28. The Balaban J connectivity index is 1.20. The van der Waals surface area contributed by atoms with Gasteiger partial charge >= 0.3 is 0 Å². The van der Waals surface area contributed by atoms with E-state index in [-0.39, 0.29) is 11.8 Å². The summed E-state index contributed by atoms with van der Waals surface area (Å²) in [4.78, 5) is 31.8. The zero-order chi connectivity index (χ0) is 23.2. The predicted octanol–water partition coefficient (Wildman–Crippen LogP) is 3.03. The minimum absolute atomic E-state index is 0.0258. The number of likely N-dealkylation sites (tertiary alicyclic amines) is 1. The van der Waals surface area contributed by atoms with E-state index in [4.69, 9.17) is 0 Å². The fraction of sp³-hybridized carbons (Fsp3) is 0.308. The zero-order valence-corrected chi connectivity index (χ0v) is 19.0. The summed E-state index contributed by atoms with van der Waals surface area (Å²) in [6.07, 6.45) is 10.2. The van der Waals surface area contributed by atoms with E-state index in [0.29, 0.717) is 23.8 Å². The minimum Gasteiger partial charge on any atom is -0.348 e. The van der Waals surface area contributed by atoms with Crippen LogP contribution in [0, 0.1) is 0 Å². The van der Waals surface area contributed by atoms with Crippen LogP contribution in [0.1, 0.15) is 62.0 Å². The minimum atomic E-state index is -0.201. The highest BCUT2D eigenvalue weighted by molar-refractivity contribution is 6.05. The molecule has 3 aromatic rings. The first-order chi connectivity index (χ1) is 16.5. The SMILES string of the molecule is CN1CCC(n2cc(NC(=O)c3cnc4c(c3)C(c3ccc5c(c3)CNC5=O)=CC4)cn2)CC1. The van der Waals surface area contributed by atoms with Crippen LogP contribution in [0.3, 0.4) is 0 Å². The molecular weight excluding hydrogens is 428 g/mol. The molecule has 1 aromatic carbocycles. The summed E-state index contributed by atoms with van der Waals surface area (Å²) in [6, 6.07) is 8.17. The van der Waals surface area contributed by atoms with Crippen molar-refractivity contribution in [2.24, 2.45) is 0 Å². The van der Waals surface area contributed by atoms with Gasteiger partial charge in [-0.1, -0.05) is 12.1 Å². The Labute approximate surface area is 197 Å². The van der Waals surface area contributed by atoms with Crippen molar-refractivity contribution in [2.75, 3.05) is 25.5 Å². The standard InChI is InChI=1S/C26H26N6O2/c1-31-8-6-20(7-9-31)32-15-19(14-29-32)30-25(33)18-11-23-21(4-5-24(23)27-13-18)16-2-3-22-17(10-16)12-28-26(22)34/h2-4,10-11,13-15,20H,5-9,12H2,1H3,(H,28,34)(H,30,33). The first kappa shape index (κ1) is 20.8. The van der Waals surface area contributed by atoms with Crippen molar-refractivity contribution < 1.29 is 9.59 Å². The lowest BCUT2D eigenvalue weighted by molar-refractivity contribution is 0.0964. The predicted molar refractivity (Wildman–Crippen MR) is 129 cm³/mol. The van der Waals surface area contributed by atoms with Crippen LogP contribution in [0.4, 0.5) is 5.69 Å². The van der Waals surface area contributed by atoms with Crippen LogP contribution < -0.4 is 10.6 Å². The van der Waals surface area contributed by atoms with Crippen LogP contribution in [0.15, 0.2) is 48.9 Å². The number of amides is 2. The van der Waals surface area contributed by atoms with Gasteiger partial charge in [-0.2, -0.15) is 5.10 Å².